The monoisotopic (exact) mass is 437 g/mol. The van der Waals surface area contributed by atoms with Gasteiger partial charge in [-0.15, -0.1) is 0 Å². The van der Waals surface area contributed by atoms with E-state index in [9.17, 15) is 9.18 Å². The molecule has 0 atom stereocenters. The molecular formula is C18H14BrClFN3O2. The molecule has 26 heavy (non-hydrogen) atoms. The van der Waals surface area contributed by atoms with Gasteiger partial charge in [-0.2, -0.15) is 5.10 Å². The molecule has 2 aromatic carbocycles. The molecule has 0 unspecified atom stereocenters. The number of carbonyl (C=O) groups excluding carboxylic acids is 1. The third-order valence-electron chi connectivity index (χ3n) is 3.49. The number of benzene rings is 2. The third-order valence-corrected chi connectivity index (χ3v) is 4.34. The van der Waals surface area contributed by atoms with E-state index in [1.807, 2.05) is 6.92 Å². The summed E-state index contributed by atoms with van der Waals surface area (Å²) in [5.74, 6) is -0.405. The molecule has 0 aliphatic rings. The Morgan fingerprint density at radius 3 is 2.88 bits per heavy atom. The number of amides is 1. The predicted octanol–water partition coefficient (Wildman–Crippen LogP) is 5.04. The van der Waals surface area contributed by atoms with Gasteiger partial charge in [0, 0.05) is 11.2 Å². The highest BCUT2D eigenvalue weighted by molar-refractivity contribution is 9.10. The second-order valence-corrected chi connectivity index (χ2v) is 6.82. The predicted molar refractivity (Wildman–Crippen MR) is 101 cm³/mol. The first-order valence-corrected chi connectivity index (χ1v) is 8.78. The maximum absolute atomic E-state index is 13.8. The van der Waals surface area contributed by atoms with Crippen LogP contribution in [-0.2, 0) is 6.73 Å². The second-order valence-electron chi connectivity index (χ2n) is 5.53. The average molecular weight is 439 g/mol. The van der Waals surface area contributed by atoms with Crippen molar-refractivity contribution in [2.24, 2.45) is 0 Å². The summed E-state index contributed by atoms with van der Waals surface area (Å²) in [6.45, 7) is 1.92. The molecule has 0 aliphatic heterocycles. The number of ether oxygens (including phenoxy) is 1. The summed E-state index contributed by atoms with van der Waals surface area (Å²) in [4.78, 5) is 12.2. The minimum absolute atomic E-state index is 0.103. The molecular weight excluding hydrogens is 425 g/mol. The fourth-order valence-electron chi connectivity index (χ4n) is 2.20. The summed E-state index contributed by atoms with van der Waals surface area (Å²) in [6.07, 6.45) is 1.60. The van der Waals surface area contributed by atoms with Crippen LogP contribution in [0.5, 0.6) is 5.75 Å². The van der Waals surface area contributed by atoms with Crippen molar-refractivity contribution >= 4 is 39.1 Å². The van der Waals surface area contributed by atoms with Gasteiger partial charge < -0.3 is 10.1 Å². The number of rotatable bonds is 5. The Morgan fingerprint density at radius 2 is 2.12 bits per heavy atom. The van der Waals surface area contributed by atoms with Gasteiger partial charge in [-0.1, -0.05) is 17.7 Å². The maximum Gasteiger partial charge on any atom is 0.276 e. The number of anilines is 1. The van der Waals surface area contributed by atoms with Crippen molar-refractivity contribution in [2.75, 3.05) is 5.32 Å². The van der Waals surface area contributed by atoms with Gasteiger partial charge in [-0.05, 0) is 64.8 Å². The molecule has 0 fully saturated rings. The lowest BCUT2D eigenvalue weighted by molar-refractivity contribution is 0.101. The summed E-state index contributed by atoms with van der Waals surface area (Å²) in [7, 11) is 0. The van der Waals surface area contributed by atoms with Crippen LogP contribution in [0.25, 0.3) is 0 Å². The first-order valence-electron chi connectivity index (χ1n) is 7.61. The minimum Gasteiger partial charge on any atom is -0.470 e. The highest BCUT2D eigenvalue weighted by atomic mass is 79.9. The Balaban J connectivity index is 1.65. The topological polar surface area (TPSA) is 56.2 Å². The van der Waals surface area contributed by atoms with E-state index in [4.69, 9.17) is 16.3 Å². The Bertz CT molecular complexity index is 961. The lowest BCUT2D eigenvalue weighted by Crippen LogP contribution is -2.15. The quantitative estimate of drug-likeness (QED) is 0.607. The molecule has 1 heterocycles. The van der Waals surface area contributed by atoms with Crippen molar-refractivity contribution in [3.63, 3.8) is 0 Å². The van der Waals surface area contributed by atoms with Crippen LogP contribution in [0.2, 0.25) is 5.02 Å². The van der Waals surface area contributed by atoms with Crippen LogP contribution in [0.4, 0.5) is 10.1 Å². The Hall–Kier alpha value is -2.38. The zero-order chi connectivity index (χ0) is 18.7. The molecule has 0 spiro atoms. The van der Waals surface area contributed by atoms with Crippen LogP contribution < -0.4 is 10.1 Å². The van der Waals surface area contributed by atoms with Crippen molar-refractivity contribution < 1.29 is 13.9 Å². The van der Waals surface area contributed by atoms with E-state index in [1.54, 1.807) is 36.5 Å². The number of hydrogen-bond donors (Lipinski definition) is 1. The smallest absolute Gasteiger partial charge is 0.276 e. The molecule has 0 radical (unpaired) electrons. The summed E-state index contributed by atoms with van der Waals surface area (Å²) in [5.41, 5.74) is 1.12. The molecule has 0 aliphatic carbocycles. The fraction of sp³-hybridized carbons (Fsp3) is 0.111. The van der Waals surface area contributed by atoms with Gasteiger partial charge in [0.15, 0.2) is 12.4 Å². The van der Waals surface area contributed by atoms with E-state index < -0.39 is 11.7 Å². The summed E-state index contributed by atoms with van der Waals surface area (Å²) < 4.78 is 21.6. The first-order chi connectivity index (χ1) is 12.4. The van der Waals surface area contributed by atoms with Crippen molar-refractivity contribution in [2.45, 2.75) is 13.7 Å². The molecule has 134 valence electrons. The molecule has 0 saturated carbocycles. The Morgan fingerprint density at radius 1 is 1.31 bits per heavy atom. The van der Waals surface area contributed by atoms with Gasteiger partial charge in [-0.3, -0.25) is 4.79 Å². The zero-order valence-electron chi connectivity index (χ0n) is 13.7. The van der Waals surface area contributed by atoms with E-state index in [2.05, 4.69) is 26.3 Å². The van der Waals surface area contributed by atoms with Crippen LogP contribution in [0.15, 0.2) is 53.1 Å². The number of halogens is 3. The molecule has 1 N–H and O–H groups in total. The summed E-state index contributed by atoms with van der Waals surface area (Å²) in [5, 5.41) is 7.24. The van der Waals surface area contributed by atoms with E-state index in [0.717, 1.165) is 5.56 Å². The number of hydrogen-bond acceptors (Lipinski definition) is 3. The Kier molecular flexibility index (Phi) is 5.58. The molecule has 1 aromatic heterocycles. The lowest BCUT2D eigenvalue weighted by Gasteiger charge is -2.08. The van der Waals surface area contributed by atoms with Crippen LogP contribution in [0.3, 0.4) is 0 Å². The largest absolute Gasteiger partial charge is 0.470 e. The van der Waals surface area contributed by atoms with Crippen LogP contribution in [0.1, 0.15) is 16.1 Å². The first kappa shape index (κ1) is 18.4. The van der Waals surface area contributed by atoms with Gasteiger partial charge in [0.2, 0.25) is 0 Å². The van der Waals surface area contributed by atoms with Crippen LogP contribution in [0, 0.1) is 12.7 Å². The van der Waals surface area contributed by atoms with Crippen molar-refractivity contribution in [1.82, 2.24) is 9.78 Å². The lowest BCUT2D eigenvalue weighted by atomic mass is 10.2. The molecule has 0 saturated heterocycles. The van der Waals surface area contributed by atoms with Gasteiger partial charge in [0.25, 0.3) is 5.91 Å². The van der Waals surface area contributed by atoms with Crippen molar-refractivity contribution in [3.8, 4) is 5.75 Å². The average Bonchev–Trinajstić information content (AvgIpc) is 3.06. The number of carbonyl (C=O) groups is 1. The standard InChI is InChI=1S/C18H14BrClFN3O2/c1-11-2-4-14(21)16(8-11)22-18(25)15-6-7-24(23-15)10-26-17-5-3-12(20)9-13(17)19/h2-9H,10H2,1H3,(H,22,25). The number of nitrogens with one attached hydrogen (secondary N) is 1. The highest BCUT2D eigenvalue weighted by Crippen LogP contribution is 2.28. The summed E-state index contributed by atoms with van der Waals surface area (Å²) in [6, 6.07) is 11.2. The van der Waals surface area contributed by atoms with E-state index >= 15 is 0 Å². The SMILES string of the molecule is Cc1ccc(F)c(NC(=O)c2ccn(COc3ccc(Cl)cc3Br)n2)c1. The zero-order valence-corrected chi connectivity index (χ0v) is 16.0. The van der Waals surface area contributed by atoms with E-state index in [-0.39, 0.29) is 18.1 Å². The molecule has 3 rings (SSSR count). The summed E-state index contributed by atoms with van der Waals surface area (Å²) >= 11 is 9.25. The third kappa shape index (κ3) is 4.42. The van der Waals surface area contributed by atoms with E-state index in [1.165, 1.54) is 16.8 Å². The van der Waals surface area contributed by atoms with Crippen LogP contribution >= 0.6 is 27.5 Å². The Labute approximate surface area is 162 Å². The fourth-order valence-corrected chi connectivity index (χ4v) is 3.00. The molecule has 3 aromatic rings. The van der Waals surface area contributed by atoms with Gasteiger partial charge in [0.1, 0.15) is 11.6 Å². The normalized spacial score (nSPS) is 10.6. The van der Waals surface area contributed by atoms with Gasteiger partial charge in [0.05, 0.1) is 10.2 Å². The van der Waals surface area contributed by atoms with Crippen LogP contribution in [-0.4, -0.2) is 15.7 Å². The second kappa shape index (κ2) is 7.88. The number of aryl methyl sites for hydroxylation is 1. The van der Waals surface area contributed by atoms with Gasteiger partial charge >= 0.3 is 0 Å². The molecule has 5 nitrogen and oxygen atoms in total. The minimum atomic E-state index is -0.501. The molecule has 0 bridgehead atoms. The van der Waals surface area contributed by atoms with E-state index in [0.29, 0.717) is 15.2 Å². The van der Waals surface area contributed by atoms with Crippen molar-refractivity contribution in [1.29, 1.82) is 0 Å². The molecule has 1 amide bonds. The molecule has 8 heteroatoms. The number of aromatic nitrogens is 2. The highest BCUT2D eigenvalue weighted by Gasteiger charge is 2.13. The van der Waals surface area contributed by atoms with Crippen molar-refractivity contribution in [3.05, 3.63) is 75.2 Å². The number of nitrogens with zero attached hydrogens (tertiary/aromatic N) is 2. The maximum atomic E-state index is 13.8. The van der Waals surface area contributed by atoms with Gasteiger partial charge in [-0.25, -0.2) is 9.07 Å².